The van der Waals surface area contributed by atoms with Crippen molar-refractivity contribution in [2.45, 2.75) is 26.3 Å². The van der Waals surface area contributed by atoms with Gasteiger partial charge in [-0.05, 0) is 18.6 Å². The van der Waals surface area contributed by atoms with Crippen LogP contribution in [-0.4, -0.2) is 41.9 Å². The molecular weight excluding hydrogens is 208 g/mol. The average molecular weight is 230 g/mol. The average Bonchev–Trinajstić information content (AvgIpc) is 2.21. The lowest BCUT2D eigenvalue weighted by atomic mass is 9.94. The Morgan fingerprint density at radius 2 is 2.33 bits per heavy atom. The van der Waals surface area contributed by atoms with Crippen LogP contribution in [0.1, 0.15) is 20.3 Å². The third kappa shape index (κ3) is 3.38. The zero-order valence-electron chi connectivity index (χ0n) is 9.90. The molecule has 0 aliphatic carbocycles. The Bertz CT molecular complexity index is 223. The summed E-state index contributed by atoms with van der Waals surface area (Å²) in [7, 11) is 0. The van der Waals surface area contributed by atoms with E-state index in [1.807, 2.05) is 18.1 Å². The summed E-state index contributed by atoms with van der Waals surface area (Å²) < 4.78 is 0. The van der Waals surface area contributed by atoms with Crippen molar-refractivity contribution in [2.75, 3.05) is 25.1 Å². The SMILES string of the molecule is CSCC(C)C(=O)N1CCC(N)C(C)C1. The minimum atomic E-state index is 0.140. The Balaban J connectivity index is 2.47. The van der Waals surface area contributed by atoms with Gasteiger partial charge < -0.3 is 10.6 Å². The predicted molar refractivity (Wildman–Crippen MR) is 65.9 cm³/mol. The largest absolute Gasteiger partial charge is 0.342 e. The van der Waals surface area contributed by atoms with E-state index in [9.17, 15) is 4.79 Å². The van der Waals surface area contributed by atoms with Gasteiger partial charge in [-0.15, -0.1) is 0 Å². The molecule has 1 rings (SSSR count). The fourth-order valence-electron chi connectivity index (χ4n) is 2.00. The number of nitrogens with zero attached hydrogens (tertiary/aromatic N) is 1. The summed E-state index contributed by atoms with van der Waals surface area (Å²) in [5.74, 6) is 1.78. The van der Waals surface area contributed by atoms with Gasteiger partial charge >= 0.3 is 0 Å². The van der Waals surface area contributed by atoms with E-state index in [1.165, 1.54) is 0 Å². The lowest BCUT2D eigenvalue weighted by molar-refractivity contribution is -0.136. The lowest BCUT2D eigenvalue weighted by Crippen LogP contribution is -2.49. The van der Waals surface area contributed by atoms with E-state index in [2.05, 4.69) is 6.92 Å². The quantitative estimate of drug-likeness (QED) is 0.792. The van der Waals surface area contributed by atoms with Crippen LogP contribution in [-0.2, 0) is 4.79 Å². The van der Waals surface area contributed by atoms with Crippen LogP contribution in [0, 0.1) is 11.8 Å². The van der Waals surface area contributed by atoms with Crippen LogP contribution in [0.5, 0.6) is 0 Å². The molecule has 2 N–H and O–H groups in total. The number of hydrogen-bond acceptors (Lipinski definition) is 3. The third-order valence-electron chi connectivity index (χ3n) is 3.12. The monoisotopic (exact) mass is 230 g/mol. The summed E-state index contributed by atoms with van der Waals surface area (Å²) in [5, 5.41) is 0. The van der Waals surface area contributed by atoms with Gasteiger partial charge in [-0.2, -0.15) is 11.8 Å². The van der Waals surface area contributed by atoms with E-state index < -0.39 is 0 Å². The topological polar surface area (TPSA) is 46.3 Å². The van der Waals surface area contributed by atoms with E-state index >= 15 is 0 Å². The van der Waals surface area contributed by atoms with Crippen molar-refractivity contribution in [1.29, 1.82) is 0 Å². The molecule has 1 heterocycles. The summed E-state index contributed by atoms with van der Waals surface area (Å²) in [5.41, 5.74) is 5.93. The maximum absolute atomic E-state index is 12.0. The second-order valence-corrected chi connectivity index (χ2v) is 5.48. The molecular formula is C11H22N2OS. The van der Waals surface area contributed by atoms with Gasteiger partial charge in [-0.25, -0.2) is 0 Å². The number of likely N-dealkylation sites (tertiary alicyclic amines) is 1. The summed E-state index contributed by atoms with van der Waals surface area (Å²) in [6.45, 7) is 5.81. The van der Waals surface area contributed by atoms with E-state index in [-0.39, 0.29) is 12.0 Å². The number of thioether (sulfide) groups is 1. The second-order valence-electron chi connectivity index (χ2n) is 4.57. The van der Waals surface area contributed by atoms with Crippen LogP contribution in [0.4, 0.5) is 0 Å². The zero-order valence-corrected chi connectivity index (χ0v) is 10.7. The van der Waals surface area contributed by atoms with Gasteiger partial charge in [0, 0.05) is 30.8 Å². The maximum Gasteiger partial charge on any atom is 0.226 e. The van der Waals surface area contributed by atoms with E-state index in [4.69, 9.17) is 5.73 Å². The molecule has 1 saturated heterocycles. The van der Waals surface area contributed by atoms with Gasteiger partial charge in [0.1, 0.15) is 0 Å². The second kappa shape index (κ2) is 5.75. The lowest BCUT2D eigenvalue weighted by Gasteiger charge is -2.36. The Labute approximate surface area is 96.8 Å². The van der Waals surface area contributed by atoms with E-state index in [0.29, 0.717) is 11.8 Å². The summed E-state index contributed by atoms with van der Waals surface area (Å²) >= 11 is 1.73. The minimum absolute atomic E-state index is 0.140. The molecule has 0 aromatic heterocycles. The molecule has 0 aromatic carbocycles. The highest BCUT2D eigenvalue weighted by Gasteiger charge is 2.28. The molecule has 1 aliphatic rings. The molecule has 4 heteroatoms. The predicted octanol–water partition coefficient (Wildman–Crippen LogP) is 1.18. The highest BCUT2D eigenvalue weighted by atomic mass is 32.2. The van der Waals surface area contributed by atoms with Crippen LogP contribution in [0.25, 0.3) is 0 Å². The summed E-state index contributed by atoms with van der Waals surface area (Å²) in [6.07, 6.45) is 2.98. The summed E-state index contributed by atoms with van der Waals surface area (Å²) in [4.78, 5) is 14.0. The molecule has 1 aliphatic heterocycles. The van der Waals surface area contributed by atoms with Crippen LogP contribution >= 0.6 is 11.8 Å². The number of piperidine rings is 1. The number of hydrogen-bond donors (Lipinski definition) is 1. The van der Waals surface area contributed by atoms with Crippen molar-refractivity contribution in [1.82, 2.24) is 4.90 Å². The minimum Gasteiger partial charge on any atom is -0.342 e. The molecule has 1 fully saturated rings. The molecule has 1 amide bonds. The molecule has 15 heavy (non-hydrogen) atoms. The standard InChI is InChI=1S/C11H22N2OS/c1-8-6-13(5-4-10(8)12)11(14)9(2)7-15-3/h8-10H,4-7,12H2,1-3H3. The van der Waals surface area contributed by atoms with Crippen LogP contribution in [0.2, 0.25) is 0 Å². The molecule has 3 unspecified atom stereocenters. The number of carbonyl (C=O) groups is 1. The van der Waals surface area contributed by atoms with Gasteiger partial charge in [0.15, 0.2) is 0 Å². The first-order valence-corrected chi connectivity index (χ1v) is 6.99. The summed E-state index contributed by atoms with van der Waals surface area (Å²) in [6, 6.07) is 0.268. The fraction of sp³-hybridized carbons (Fsp3) is 0.909. The van der Waals surface area contributed by atoms with E-state index in [1.54, 1.807) is 11.8 Å². The molecule has 3 atom stereocenters. The maximum atomic E-state index is 12.0. The molecule has 0 aromatic rings. The molecule has 0 radical (unpaired) electrons. The Morgan fingerprint density at radius 1 is 1.67 bits per heavy atom. The Morgan fingerprint density at radius 3 is 2.87 bits per heavy atom. The molecule has 3 nitrogen and oxygen atoms in total. The number of rotatable bonds is 3. The van der Waals surface area contributed by atoms with Gasteiger partial charge in [-0.1, -0.05) is 13.8 Å². The Hall–Kier alpha value is -0.220. The van der Waals surface area contributed by atoms with Gasteiger partial charge in [0.05, 0.1) is 0 Å². The fourth-order valence-corrected chi connectivity index (χ4v) is 2.64. The smallest absolute Gasteiger partial charge is 0.226 e. The van der Waals surface area contributed by atoms with E-state index in [0.717, 1.165) is 25.3 Å². The first-order chi connectivity index (χ1) is 7.06. The van der Waals surface area contributed by atoms with Crippen LogP contribution in [0.3, 0.4) is 0 Å². The van der Waals surface area contributed by atoms with Crippen LogP contribution < -0.4 is 5.73 Å². The number of amides is 1. The van der Waals surface area contributed by atoms with Crippen molar-refractivity contribution >= 4 is 17.7 Å². The first kappa shape index (κ1) is 12.8. The van der Waals surface area contributed by atoms with Gasteiger partial charge in [0.25, 0.3) is 0 Å². The normalized spacial score (nSPS) is 28.9. The molecule has 0 saturated carbocycles. The number of carbonyl (C=O) groups excluding carboxylic acids is 1. The molecule has 88 valence electrons. The van der Waals surface area contributed by atoms with Crippen molar-refractivity contribution in [3.05, 3.63) is 0 Å². The zero-order chi connectivity index (χ0) is 11.4. The van der Waals surface area contributed by atoms with Gasteiger partial charge in [0.2, 0.25) is 5.91 Å². The van der Waals surface area contributed by atoms with Crippen molar-refractivity contribution in [3.63, 3.8) is 0 Å². The molecule has 0 bridgehead atoms. The highest BCUT2D eigenvalue weighted by Crippen LogP contribution is 2.18. The van der Waals surface area contributed by atoms with Crippen molar-refractivity contribution in [3.8, 4) is 0 Å². The molecule has 0 spiro atoms. The Kier molecular flexibility index (Phi) is 4.93. The van der Waals surface area contributed by atoms with Crippen molar-refractivity contribution < 1.29 is 4.79 Å². The first-order valence-electron chi connectivity index (χ1n) is 5.59. The number of nitrogens with two attached hydrogens (primary N) is 1. The third-order valence-corrected chi connectivity index (χ3v) is 3.95. The van der Waals surface area contributed by atoms with Crippen LogP contribution in [0.15, 0.2) is 0 Å². The van der Waals surface area contributed by atoms with Gasteiger partial charge in [-0.3, -0.25) is 4.79 Å². The highest BCUT2D eigenvalue weighted by molar-refractivity contribution is 7.98. The van der Waals surface area contributed by atoms with Crippen molar-refractivity contribution in [2.24, 2.45) is 17.6 Å².